The van der Waals surface area contributed by atoms with Crippen LogP contribution in [0.1, 0.15) is 31.7 Å². The first-order chi connectivity index (χ1) is 10.9. The molecule has 2 aromatic heterocycles. The summed E-state index contributed by atoms with van der Waals surface area (Å²) in [5.41, 5.74) is 0. The third kappa shape index (κ3) is 2.49. The van der Waals surface area contributed by atoms with E-state index in [1.54, 1.807) is 23.7 Å². The molecule has 2 atom stereocenters. The van der Waals surface area contributed by atoms with Gasteiger partial charge in [0.1, 0.15) is 4.90 Å². The van der Waals surface area contributed by atoms with Crippen molar-refractivity contribution in [3.63, 3.8) is 0 Å². The fraction of sp³-hybridized carbons (Fsp3) is 0.571. The molecule has 2 bridgehead atoms. The Labute approximate surface area is 139 Å². The Morgan fingerprint density at radius 1 is 1.09 bits per heavy atom. The lowest BCUT2D eigenvalue weighted by Gasteiger charge is -2.37. The molecule has 0 amide bonds. The predicted molar refractivity (Wildman–Crippen MR) is 84.6 cm³/mol. The number of rotatable bonds is 3. The van der Waals surface area contributed by atoms with E-state index in [-0.39, 0.29) is 23.0 Å². The zero-order valence-electron chi connectivity index (χ0n) is 12.7. The Morgan fingerprint density at radius 2 is 1.78 bits per heavy atom. The quantitative estimate of drug-likeness (QED) is 0.842. The van der Waals surface area contributed by atoms with Crippen molar-refractivity contribution in [1.82, 2.24) is 23.9 Å². The summed E-state index contributed by atoms with van der Waals surface area (Å²) in [4.78, 5) is 0.275. The molecule has 0 aromatic carbocycles. The second-order valence-corrected chi connectivity index (χ2v) is 8.61. The van der Waals surface area contributed by atoms with Crippen molar-refractivity contribution in [1.29, 1.82) is 0 Å². The molecule has 2 aliphatic rings. The molecular weight excluding hydrogens is 338 g/mol. The van der Waals surface area contributed by atoms with Gasteiger partial charge in [0.15, 0.2) is 0 Å². The molecule has 23 heavy (non-hydrogen) atoms. The summed E-state index contributed by atoms with van der Waals surface area (Å²) < 4.78 is 31.0. The number of nitrogens with zero attached hydrogens (tertiary/aromatic N) is 5. The van der Waals surface area contributed by atoms with Gasteiger partial charge in [0, 0.05) is 31.5 Å². The molecule has 0 spiro atoms. The molecule has 2 aromatic rings. The largest absolute Gasteiger partial charge is 0.274 e. The maximum atomic E-state index is 12.9. The highest BCUT2D eigenvalue weighted by Crippen LogP contribution is 2.43. The van der Waals surface area contributed by atoms with Gasteiger partial charge in [-0.1, -0.05) is 11.6 Å². The third-order valence-electron chi connectivity index (χ3n) is 4.84. The second-order valence-electron chi connectivity index (χ2n) is 6.33. The number of aryl methyl sites for hydroxylation is 1. The van der Waals surface area contributed by atoms with Crippen molar-refractivity contribution in [2.24, 2.45) is 7.05 Å². The van der Waals surface area contributed by atoms with Gasteiger partial charge in [-0.05, 0) is 25.7 Å². The van der Waals surface area contributed by atoms with Crippen molar-refractivity contribution < 1.29 is 8.42 Å². The normalized spacial score (nSPS) is 28.3. The Hall–Kier alpha value is -1.38. The monoisotopic (exact) mass is 355 g/mol. The maximum absolute atomic E-state index is 12.9. The van der Waals surface area contributed by atoms with Gasteiger partial charge < -0.3 is 0 Å². The smallest absolute Gasteiger partial charge is 0.246 e. The van der Waals surface area contributed by atoms with Gasteiger partial charge >= 0.3 is 0 Å². The van der Waals surface area contributed by atoms with Crippen molar-refractivity contribution in [3.05, 3.63) is 29.8 Å². The van der Waals surface area contributed by atoms with E-state index in [4.69, 9.17) is 11.6 Å². The molecule has 124 valence electrons. The molecule has 9 heteroatoms. The van der Waals surface area contributed by atoms with Crippen LogP contribution in [-0.4, -0.2) is 44.4 Å². The van der Waals surface area contributed by atoms with Gasteiger partial charge in [-0.15, -0.1) is 0 Å². The fourth-order valence-corrected chi connectivity index (χ4v) is 5.90. The van der Waals surface area contributed by atoms with Crippen LogP contribution in [0.25, 0.3) is 0 Å². The van der Waals surface area contributed by atoms with Crippen molar-refractivity contribution in [2.45, 2.75) is 48.7 Å². The average Bonchev–Trinajstić information content (AvgIpc) is 3.18. The Morgan fingerprint density at radius 3 is 2.30 bits per heavy atom. The summed E-state index contributed by atoms with van der Waals surface area (Å²) in [5.74, 6) is 0. The predicted octanol–water partition coefficient (Wildman–Crippen LogP) is 1.83. The zero-order valence-corrected chi connectivity index (χ0v) is 14.3. The molecule has 0 saturated carbocycles. The number of piperidine rings is 1. The van der Waals surface area contributed by atoms with Crippen LogP contribution < -0.4 is 0 Å². The Balaban J connectivity index is 1.61. The SMILES string of the molecule is Cn1cc(S(=O)(=O)N2C3CCC2CC(n2cc(Cl)cn2)C3)cn1. The highest BCUT2D eigenvalue weighted by molar-refractivity contribution is 7.89. The number of hydrogen-bond acceptors (Lipinski definition) is 4. The van der Waals surface area contributed by atoms with Crippen molar-refractivity contribution >= 4 is 21.6 Å². The summed E-state index contributed by atoms with van der Waals surface area (Å²) in [6.07, 6.45) is 9.77. The topological polar surface area (TPSA) is 73.0 Å². The summed E-state index contributed by atoms with van der Waals surface area (Å²) in [5, 5.41) is 8.90. The average molecular weight is 356 g/mol. The first-order valence-corrected chi connectivity index (χ1v) is 9.49. The second kappa shape index (κ2) is 5.32. The highest BCUT2D eigenvalue weighted by atomic mass is 35.5. The lowest BCUT2D eigenvalue weighted by atomic mass is 10.00. The van der Waals surface area contributed by atoms with Crippen LogP contribution >= 0.6 is 11.6 Å². The Bertz CT molecular complexity index is 816. The molecule has 2 unspecified atom stereocenters. The van der Waals surface area contributed by atoms with Crippen LogP contribution in [0.3, 0.4) is 0 Å². The first-order valence-electron chi connectivity index (χ1n) is 7.67. The standard InChI is InChI=1S/C14H18ClN5O2S/c1-18-9-14(7-16-18)23(21,22)20-11-2-3-12(20)5-13(4-11)19-8-10(15)6-17-19/h6-9,11-13H,2-5H2,1H3. The van der Waals surface area contributed by atoms with Crippen LogP contribution in [0.4, 0.5) is 0 Å². The van der Waals surface area contributed by atoms with E-state index >= 15 is 0 Å². The number of sulfonamides is 1. The molecular formula is C14H18ClN5O2S. The maximum Gasteiger partial charge on any atom is 0.246 e. The number of halogens is 1. The number of aromatic nitrogens is 4. The van der Waals surface area contributed by atoms with Crippen LogP contribution in [0.15, 0.2) is 29.7 Å². The van der Waals surface area contributed by atoms with E-state index in [1.165, 1.54) is 10.9 Å². The molecule has 7 nitrogen and oxygen atoms in total. The molecule has 4 rings (SSSR count). The first kappa shape index (κ1) is 15.2. The van der Waals surface area contributed by atoms with Crippen LogP contribution in [0.5, 0.6) is 0 Å². The molecule has 2 fully saturated rings. The van der Waals surface area contributed by atoms with Crippen molar-refractivity contribution in [2.75, 3.05) is 0 Å². The fourth-order valence-electron chi connectivity index (χ4n) is 3.88. The lowest BCUT2D eigenvalue weighted by Crippen LogP contribution is -2.46. The van der Waals surface area contributed by atoms with Gasteiger partial charge in [-0.25, -0.2) is 8.42 Å². The van der Waals surface area contributed by atoms with Crippen molar-refractivity contribution in [3.8, 4) is 0 Å². The molecule has 2 saturated heterocycles. The molecule has 4 heterocycles. The van der Waals surface area contributed by atoms with E-state index in [1.807, 2.05) is 10.9 Å². The molecule has 0 radical (unpaired) electrons. The molecule has 0 aliphatic carbocycles. The van der Waals surface area contributed by atoms with E-state index in [0.717, 1.165) is 25.7 Å². The highest BCUT2D eigenvalue weighted by Gasteiger charge is 2.48. The summed E-state index contributed by atoms with van der Waals surface area (Å²) >= 11 is 5.95. The summed E-state index contributed by atoms with van der Waals surface area (Å²) in [7, 11) is -1.76. The number of fused-ring (bicyclic) bond motifs is 2. The van der Waals surface area contributed by atoms with E-state index in [2.05, 4.69) is 10.2 Å². The summed E-state index contributed by atoms with van der Waals surface area (Å²) in [6.45, 7) is 0. The lowest BCUT2D eigenvalue weighted by molar-refractivity contribution is 0.185. The molecule has 0 N–H and O–H groups in total. The summed E-state index contributed by atoms with van der Waals surface area (Å²) in [6, 6.07) is 0.249. The minimum absolute atomic E-state index is 0.0203. The van der Waals surface area contributed by atoms with Crippen LogP contribution in [0.2, 0.25) is 5.02 Å². The van der Waals surface area contributed by atoms with Crippen LogP contribution in [0, 0.1) is 0 Å². The number of hydrogen-bond donors (Lipinski definition) is 0. The van der Waals surface area contributed by atoms with E-state index in [0.29, 0.717) is 5.02 Å². The third-order valence-corrected chi connectivity index (χ3v) is 6.99. The van der Waals surface area contributed by atoms with E-state index < -0.39 is 10.0 Å². The van der Waals surface area contributed by atoms with E-state index in [9.17, 15) is 8.42 Å². The van der Waals surface area contributed by atoms with Gasteiger partial charge in [0.25, 0.3) is 0 Å². The van der Waals surface area contributed by atoms with Gasteiger partial charge in [0.05, 0.1) is 23.5 Å². The zero-order chi connectivity index (χ0) is 16.2. The molecule has 2 aliphatic heterocycles. The van der Waals surface area contributed by atoms with Gasteiger partial charge in [-0.2, -0.15) is 14.5 Å². The van der Waals surface area contributed by atoms with Gasteiger partial charge in [0.2, 0.25) is 10.0 Å². The minimum Gasteiger partial charge on any atom is -0.274 e. The van der Waals surface area contributed by atoms with Gasteiger partial charge in [-0.3, -0.25) is 9.36 Å². The minimum atomic E-state index is -3.48. The Kier molecular flexibility index (Phi) is 3.51. The van der Waals surface area contributed by atoms with Crippen LogP contribution in [-0.2, 0) is 17.1 Å².